The molecule has 120 valence electrons. The lowest BCUT2D eigenvalue weighted by Gasteiger charge is -2.02. The molecule has 25 heavy (non-hydrogen) atoms. The highest BCUT2D eigenvalue weighted by Gasteiger charge is 2.17. The van der Waals surface area contributed by atoms with E-state index in [4.69, 9.17) is 9.40 Å². The number of aromatic nitrogens is 1. The van der Waals surface area contributed by atoms with Crippen LogP contribution in [0.4, 0.5) is 0 Å². The third kappa shape index (κ3) is 3.02. The third-order valence-corrected chi connectivity index (χ3v) is 4.10. The van der Waals surface area contributed by atoms with Crippen LogP contribution in [-0.2, 0) is 0 Å². The first-order valence-electron chi connectivity index (χ1n) is 8.20. The van der Waals surface area contributed by atoms with Crippen LogP contribution in [0.15, 0.2) is 95.9 Å². The van der Waals surface area contributed by atoms with E-state index < -0.39 is 0 Å². The zero-order valence-electron chi connectivity index (χ0n) is 13.7. The van der Waals surface area contributed by atoms with Crippen molar-refractivity contribution >= 4 is 6.08 Å². The van der Waals surface area contributed by atoms with Gasteiger partial charge in [0.05, 0.1) is 0 Å². The number of nitrogens with zero attached hydrogens (tertiary/aromatic N) is 1. The van der Waals surface area contributed by atoms with Gasteiger partial charge in [0.2, 0.25) is 5.89 Å². The second-order valence-electron chi connectivity index (χ2n) is 5.75. The molecule has 0 aliphatic rings. The van der Waals surface area contributed by atoms with Crippen molar-refractivity contribution in [3.8, 4) is 34.0 Å². The molecule has 0 radical (unpaired) electrons. The SMILES string of the molecule is C=Cc1ccc(-c2nc(-c3ccccc3)oc2-c2ccccc2)cc1. The second kappa shape index (κ2) is 6.62. The van der Waals surface area contributed by atoms with Crippen LogP contribution >= 0.6 is 0 Å². The second-order valence-corrected chi connectivity index (χ2v) is 5.75. The smallest absolute Gasteiger partial charge is 0.227 e. The lowest BCUT2D eigenvalue weighted by molar-refractivity contribution is 0.589. The maximum atomic E-state index is 6.17. The normalized spacial score (nSPS) is 10.6. The Hall–Kier alpha value is -3.39. The molecule has 0 spiro atoms. The predicted octanol–water partition coefficient (Wildman–Crippen LogP) is 6.32. The number of oxazole rings is 1. The van der Waals surface area contributed by atoms with Crippen molar-refractivity contribution < 1.29 is 4.42 Å². The molecule has 0 bridgehead atoms. The molecular formula is C23H17NO. The summed E-state index contributed by atoms with van der Waals surface area (Å²) >= 11 is 0. The fraction of sp³-hybridized carbons (Fsp3) is 0. The Kier molecular flexibility index (Phi) is 4.01. The first kappa shape index (κ1) is 15.2. The zero-order chi connectivity index (χ0) is 17.1. The number of rotatable bonds is 4. The minimum absolute atomic E-state index is 0.627. The third-order valence-electron chi connectivity index (χ3n) is 4.10. The van der Waals surface area contributed by atoms with E-state index in [1.165, 1.54) is 0 Å². The van der Waals surface area contributed by atoms with Gasteiger partial charge in [-0.3, -0.25) is 0 Å². The van der Waals surface area contributed by atoms with Gasteiger partial charge in [-0.25, -0.2) is 4.98 Å². The van der Waals surface area contributed by atoms with Crippen LogP contribution in [0, 0.1) is 0 Å². The van der Waals surface area contributed by atoms with E-state index in [1.807, 2.05) is 78.9 Å². The Labute approximate surface area is 147 Å². The molecule has 0 aliphatic carbocycles. The molecule has 1 heterocycles. The maximum Gasteiger partial charge on any atom is 0.227 e. The summed E-state index contributed by atoms with van der Waals surface area (Å²) in [6.45, 7) is 3.81. The van der Waals surface area contributed by atoms with E-state index >= 15 is 0 Å². The van der Waals surface area contributed by atoms with E-state index in [0.29, 0.717) is 5.89 Å². The van der Waals surface area contributed by atoms with Crippen LogP contribution in [0.1, 0.15) is 5.56 Å². The van der Waals surface area contributed by atoms with Crippen molar-refractivity contribution in [3.05, 3.63) is 97.1 Å². The Morgan fingerprint density at radius 1 is 0.680 bits per heavy atom. The molecule has 4 aromatic rings. The van der Waals surface area contributed by atoms with E-state index in [9.17, 15) is 0 Å². The molecule has 0 saturated carbocycles. The van der Waals surface area contributed by atoms with E-state index in [1.54, 1.807) is 0 Å². The molecular weight excluding hydrogens is 306 g/mol. The highest BCUT2D eigenvalue weighted by atomic mass is 16.4. The van der Waals surface area contributed by atoms with Gasteiger partial charge in [-0.15, -0.1) is 0 Å². The zero-order valence-corrected chi connectivity index (χ0v) is 13.7. The molecule has 0 unspecified atom stereocenters. The van der Waals surface area contributed by atoms with Crippen LogP contribution < -0.4 is 0 Å². The van der Waals surface area contributed by atoms with Crippen LogP contribution in [0.2, 0.25) is 0 Å². The van der Waals surface area contributed by atoms with Crippen LogP contribution in [0.3, 0.4) is 0 Å². The van der Waals surface area contributed by atoms with E-state index in [0.717, 1.165) is 33.7 Å². The van der Waals surface area contributed by atoms with Crippen molar-refractivity contribution in [1.82, 2.24) is 4.98 Å². The van der Waals surface area contributed by atoms with Crippen LogP contribution in [0.5, 0.6) is 0 Å². The van der Waals surface area contributed by atoms with Gasteiger partial charge < -0.3 is 4.42 Å². The Bertz CT molecular complexity index is 983. The molecule has 3 aromatic carbocycles. The summed E-state index contributed by atoms with van der Waals surface area (Å²) in [4.78, 5) is 4.79. The van der Waals surface area contributed by atoms with Gasteiger partial charge in [0, 0.05) is 16.7 Å². The van der Waals surface area contributed by atoms with Crippen molar-refractivity contribution in [2.75, 3.05) is 0 Å². The lowest BCUT2D eigenvalue weighted by atomic mass is 10.0. The number of hydrogen-bond donors (Lipinski definition) is 0. The summed E-state index contributed by atoms with van der Waals surface area (Å²) in [6.07, 6.45) is 1.83. The highest BCUT2D eigenvalue weighted by Crippen LogP contribution is 2.35. The highest BCUT2D eigenvalue weighted by molar-refractivity contribution is 5.79. The van der Waals surface area contributed by atoms with Crippen molar-refractivity contribution in [2.45, 2.75) is 0 Å². The first-order chi connectivity index (χ1) is 12.3. The van der Waals surface area contributed by atoms with Gasteiger partial charge in [0.25, 0.3) is 0 Å². The molecule has 0 N–H and O–H groups in total. The summed E-state index contributed by atoms with van der Waals surface area (Å²) in [5.74, 6) is 1.41. The summed E-state index contributed by atoms with van der Waals surface area (Å²) in [5.41, 5.74) is 4.93. The van der Waals surface area contributed by atoms with Crippen LogP contribution in [0.25, 0.3) is 40.1 Å². The summed E-state index contributed by atoms with van der Waals surface area (Å²) < 4.78 is 6.17. The fourth-order valence-corrected chi connectivity index (χ4v) is 2.78. The van der Waals surface area contributed by atoms with Crippen molar-refractivity contribution in [1.29, 1.82) is 0 Å². The van der Waals surface area contributed by atoms with E-state index in [-0.39, 0.29) is 0 Å². The van der Waals surface area contributed by atoms with Gasteiger partial charge >= 0.3 is 0 Å². The minimum atomic E-state index is 0.627. The Balaban J connectivity index is 1.88. The van der Waals surface area contributed by atoms with Gasteiger partial charge in [-0.05, 0) is 17.7 Å². The standard InChI is InChI=1S/C23H17NO/c1-2-17-13-15-18(16-14-17)21-22(19-9-5-3-6-10-19)25-23(24-21)20-11-7-4-8-12-20/h2-16H,1H2. The van der Waals surface area contributed by atoms with Gasteiger partial charge in [0.1, 0.15) is 5.69 Å². The summed E-state index contributed by atoms with van der Waals surface area (Å²) in [6, 6.07) is 28.2. The first-order valence-corrected chi connectivity index (χ1v) is 8.20. The quantitative estimate of drug-likeness (QED) is 0.439. The van der Waals surface area contributed by atoms with Crippen molar-refractivity contribution in [2.24, 2.45) is 0 Å². The molecule has 4 rings (SSSR count). The van der Waals surface area contributed by atoms with Crippen LogP contribution in [-0.4, -0.2) is 4.98 Å². The van der Waals surface area contributed by atoms with Crippen molar-refractivity contribution in [3.63, 3.8) is 0 Å². The Morgan fingerprint density at radius 3 is 1.88 bits per heavy atom. The lowest BCUT2D eigenvalue weighted by Crippen LogP contribution is -1.83. The predicted molar refractivity (Wildman–Crippen MR) is 103 cm³/mol. The monoisotopic (exact) mass is 323 g/mol. The largest absolute Gasteiger partial charge is 0.435 e. The number of benzene rings is 3. The molecule has 0 amide bonds. The van der Waals surface area contributed by atoms with Gasteiger partial charge in [-0.1, -0.05) is 85.5 Å². The molecule has 1 aromatic heterocycles. The topological polar surface area (TPSA) is 26.0 Å². The van der Waals surface area contributed by atoms with Gasteiger partial charge in [0.15, 0.2) is 5.76 Å². The minimum Gasteiger partial charge on any atom is -0.435 e. The summed E-state index contributed by atoms with van der Waals surface area (Å²) in [7, 11) is 0. The maximum absolute atomic E-state index is 6.17. The Morgan fingerprint density at radius 2 is 1.28 bits per heavy atom. The summed E-state index contributed by atoms with van der Waals surface area (Å²) in [5, 5.41) is 0. The molecule has 0 aliphatic heterocycles. The molecule has 0 atom stereocenters. The fourth-order valence-electron chi connectivity index (χ4n) is 2.78. The molecule has 0 saturated heterocycles. The molecule has 2 heteroatoms. The van der Waals surface area contributed by atoms with E-state index in [2.05, 4.69) is 18.7 Å². The average molecular weight is 323 g/mol. The van der Waals surface area contributed by atoms with Gasteiger partial charge in [-0.2, -0.15) is 0 Å². The molecule has 2 nitrogen and oxygen atoms in total. The molecule has 0 fully saturated rings. The average Bonchev–Trinajstić information content (AvgIpc) is 3.15. The number of hydrogen-bond acceptors (Lipinski definition) is 2.